The van der Waals surface area contributed by atoms with Crippen molar-refractivity contribution in [3.05, 3.63) is 10.6 Å². The van der Waals surface area contributed by atoms with E-state index in [2.05, 4.69) is 9.59 Å². The molecule has 1 aliphatic heterocycles. The largest absolute Gasteiger partial charge is 0.372 e. The molecule has 0 radical (unpaired) electrons. The molecule has 1 aliphatic rings. The standard InChI is InChI=1S/C11H17N3O2S/c1-4-9-10(17-13-12-9)11(15)14-5-7(2)16-8(3)6-14/h7-8H,4-6H2,1-3H3/t7-,8-/m1/s1. The maximum atomic E-state index is 12.3. The summed E-state index contributed by atoms with van der Waals surface area (Å²) in [4.78, 5) is 14.8. The van der Waals surface area contributed by atoms with Crippen LogP contribution in [0.2, 0.25) is 0 Å². The molecule has 1 saturated heterocycles. The van der Waals surface area contributed by atoms with Gasteiger partial charge in [-0.2, -0.15) is 0 Å². The van der Waals surface area contributed by atoms with E-state index < -0.39 is 0 Å². The lowest BCUT2D eigenvalue weighted by Gasteiger charge is -2.35. The van der Waals surface area contributed by atoms with Crippen molar-refractivity contribution in [3.8, 4) is 0 Å². The maximum absolute atomic E-state index is 12.3. The Morgan fingerprint density at radius 2 is 2.12 bits per heavy atom. The van der Waals surface area contributed by atoms with E-state index in [9.17, 15) is 4.79 Å². The minimum Gasteiger partial charge on any atom is -0.372 e. The molecule has 1 fully saturated rings. The topological polar surface area (TPSA) is 55.3 Å². The number of morpholine rings is 1. The first-order chi connectivity index (χ1) is 8.11. The van der Waals surface area contributed by atoms with Crippen molar-refractivity contribution in [2.75, 3.05) is 13.1 Å². The number of ether oxygens (including phenoxy) is 1. The second-order valence-electron chi connectivity index (χ2n) is 4.37. The number of nitrogens with zero attached hydrogens (tertiary/aromatic N) is 3. The molecular weight excluding hydrogens is 238 g/mol. The van der Waals surface area contributed by atoms with Gasteiger partial charge in [-0.1, -0.05) is 11.4 Å². The van der Waals surface area contributed by atoms with E-state index in [1.807, 2.05) is 25.7 Å². The van der Waals surface area contributed by atoms with Gasteiger partial charge in [-0.15, -0.1) is 5.10 Å². The normalized spacial score (nSPS) is 25.0. The van der Waals surface area contributed by atoms with E-state index in [0.29, 0.717) is 18.0 Å². The molecule has 1 aromatic rings. The van der Waals surface area contributed by atoms with Crippen molar-refractivity contribution in [1.29, 1.82) is 0 Å². The SMILES string of the molecule is CCc1nnsc1C(=O)N1C[C@@H](C)O[C@H](C)C1. The van der Waals surface area contributed by atoms with Crippen LogP contribution in [0.3, 0.4) is 0 Å². The zero-order chi connectivity index (χ0) is 12.4. The lowest BCUT2D eigenvalue weighted by molar-refractivity contribution is -0.0585. The molecule has 0 unspecified atom stereocenters. The number of hydrogen-bond acceptors (Lipinski definition) is 5. The summed E-state index contributed by atoms with van der Waals surface area (Å²) in [5.41, 5.74) is 0.798. The second kappa shape index (κ2) is 5.10. The van der Waals surface area contributed by atoms with Crippen LogP contribution < -0.4 is 0 Å². The summed E-state index contributed by atoms with van der Waals surface area (Å²) < 4.78 is 9.48. The van der Waals surface area contributed by atoms with E-state index in [0.717, 1.165) is 12.1 Å². The number of rotatable bonds is 2. The molecule has 0 spiro atoms. The van der Waals surface area contributed by atoms with Gasteiger partial charge < -0.3 is 9.64 Å². The lowest BCUT2D eigenvalue weighted by atomic mass is 10.2. The first kappa shape index (κ1) is 12.4. The van der Waals surface area contributed by atoms with Crippen molar-refractivity contribution >= 4 is 17.4 Å². The molecule has 2 heterocycles. The Labute approximate surface area is 105 Å². The fraction of sp³-hybridized carbons (Fsp3) is 0.727. The van der Waals surface area contributed by atoms with Crippen LogP contribution in [0.5, 0.6) is 0 Å². The molecule has 2 rings (SSSR count). The van der Waals surface area contributed by atoms with Crippen molar-refractivity contribution in [2.45, 2.75) is 39.4 Å². The molecule has 2 atom stereocenters. The highest BCUT2D eigenvalue weighted by atomic mass is 32.1. The molecule has 0 aliphatic carbocycles. The third-order valence-electron chi connectivity index (χ3n) is 2.79. The average molecular weight is 255 g/mol. The summed E-state index contributed by atoms with van der Waals surface area (Å²) in [6.45, 7) is 7.25. The summed E-state index contributed by atoms with van der Waals surface area (Å²) in [6, 6.07) is 0. The minimum absolute atomic E-state index is 0.0406. The summed E-state index contributed by atoms with van der Waals surface area (Å²) >= 11 is 1.19. The van der Waals surface area contributed by atoms with E-state index in [1.165, 1.54) is 11.5 Å². The summed E-state index contributed by atoms with van der Waals surface area (Å²) in [5, 5.41) is 3.98. The van der Waals surface area contributed by atoms with Crippen LogP contribution in [0.1, 0.15) is 36.1 Å². The molecule has 17 heavy (non-hydrogen) atoms. The number of hydrogen-bond donors (Lipinski definition) is 0. The second-order valence-corrected chi connectivity index (χ2v) is 5.12. The number of aryl methyl sites for hydroxylation is 1. The van der Waals surface area contributed by atoms with Gasteiger partial charge in [0.2, 0.25) is 0 Å². The van der Waals surface area contributed by atoms with Gasteiger partial charge in [0.15, 0.2) is 0 Å². The zero-order valence-electron chi connectivity index (χ0n) is 10.3. The van der Waals surface area contributed by atoms with Crippen LogP contribution in [0.4, 0.5) is 0 Å². The van der Waals surface area contributed by atoms with E-state index >= 15 is 0 Å². The highest BCUT2D eigenvalue weighted by molar-refractivity contribution is 7.08. The van der Waals surface area contributed by atoms with E-state index in [4.69, 9.17) is 4.74 Å². The predicted molar refractivity (Wildman–Crippen MR) is 65.2 cm³/mol. The van der Waals surface area contributed by atoms with Gasteiger partial charge in [0.05, 0.1) is 17.9 Å². The molecule has 0 aromatic carbocycles. The smallest absolute Gasteiger partial charge is 0.267 e. The highest BCUT2D eigenvalue weighted by Gasteiger charge is 2.28. The van der Waals surface area contributed by atoms with Crippen molar-refractivity contribution in [3.63, 3.8) is 0 Å². The monoisotopic (exact) mass is 255 g/mol. The average Bonchev–Trinajstić information content (AvgIpc) is 2.74. The molecule has 0 N–H and O–H groups in total. The molecule has 1 amide bonds. The van der Waals surface area contributed by atoms with E-state index in [1.54, 1.807) is 0 Å². The van der Waals surface area contributed by atoms with Crippen molar-refractivity contribution in [1.82, 2.24) is 14.5 Å². The molecule has 0 saturated carbocycles. The lowest BCUT2D eigenvalue weighted by Crippen LogP contribution is -2.48. The first-order valence-electron chi connectivity index (χ1n) is 5.87. The molecule has 94 valence electrons. The number of carbonyl (C=O) groups excluding carboxylic acids is 1. The Bertz CT molecular complexity index is 397. The quantitative estimate of drug-likeness (QED) is 0.800. The highest BCUT2D eigenvalue weighted by Crippen LogP contribution is 2.18. The van der Waals surface area contributed by atoms with Gasteiger partial charge in [-0.3, -0.25) is 4.79 Å². The fourth-order valence-corrected chi connectivity index (χ4v) is 2.81. The molecule has 5 nitrogen and oxygen atoms in total. The van der Waals surface area contributed by atoms with Crippen molar-refractivity contribution < 1.29 is 9.53 Å². The predicted octanol–water partition coefficient (Wildman–Crippen LogP) is 1.35. The third-order valence-corrected chi connectivity index (χ3v) is 3.55. The minimum atomic E-state index is 0.0406. The van der Waals surface area contributed by atoms with Gasteiger partial charge >= 0.3 is 0 Å². The molecule has 1 aromatic heterocycles. The van der Waals surface area contributed by atoms with Crippen LogP contribution in [0.25, 0.3) is 0 Å². The number of aromatic nitrogens is 2. The number of carbonyl (C=O) groups is 1. The van der Waals surface area contributed by atoms with E-state index in [-0.39, 0.29) is 18.1 Å². The van der Waals surface area contributed by atoms with Crippen LogP contribution in [-0.4, -0.2) is 45.7 Å². The Kier molecular flexibility index (Phi) is 3.73. The summed E-state index contributed by atoms with van der Waals surface area (Å²) in [5.74, 6) is 0.0406. The summed E-state index contributed by atoms with van der Waals surface area (Å²) in [7, 11) is 0. The van der Waals surface area contributed by atoms with Crippen LogP contribution in [-0.2, 0) is 11.2 Å². The van der Waals surface area contributed by atoms with Crippen LogP contribution in [0, 0.1) is 0 Å². The van der Waals surface area contributed by atoms with Crippen molar-refractivity contribution in [2.24, 2.45) is 0 Å². The Morgan fingerprint density at radius 3 is 2.71 bits per heavy atom. The summed E-state index contributed by atoms with van der Waals surface area (Å²) in [6.07, 6.45) is 0.926. The van der Waals surface area contributed by atoms with Gasteiger partial charge in [-0.25, -0.2) is 0 Å². The fourth-order valence-electron chi connectivity index (χ4n) is 2.09. The van der Waals surface area contributed by atoms with Crippen LogP contribution >= 0.6 is 11.5 Å². The Hall–Kier alpha value is -1.01. The number of amides is 1. The Balaban J connectivity index is 2.14. The first-order valence-corrected chi connectivity index (χ1v) is 6.65. The Morgan fingerprint density at radius 1 is 1.47 bits per heavy atom. The van der Waals surface area contributed by atoms with Gasteiger partial charge in [0, 0.05) is 13.1 Å². The molecular formula is C11H17N3O2S. The van der Waals surface area contributed by atoms with Gasteiger partial charge in [0.25, 0.3) is 5.91 Å². The van der Waals surface area contributed by atoms with Crippen LogP contribution in [0.15, 0.2) is 0 Å². The zero-order valence-corrected chi connectivity index (χ0v) is 11.2. The molecule has 0 bridgehead atoms. The maximum Gasteiger partial charge on any atom is 0.267 e. The van der Waals surface area contributed by atoms with Gasteiger partial charge in [-0.05, 0) is 31.8 Å². The van der Waals surface area contributed by atoms with Gasteiger partial charge in [0.1, 0.15) is 4.88 Å². The third kappa shape index (κ3) is 2.63. The molecule has 6 heteroatoms.